The lowest BCUT2D eigenvalue weighted by atomic mass is 9.72. The third kappa shape index (κ3) is 4.27. The summed E-state index contributed by atoms with van der Waals surface area (Å²) in [5.74, 6) is 1.92. The highest BCUT2D eigenvalue weighted by molar-refractivity contribution is 5.79. The molecular weight excluding hydrogens is 224 g/mol. The molecule has 0 radical (unpaired) electrons. The Kier molecular flexibility index (Phi) is 5.64. The molecule has 3 N–H and O–H groups in total. The summed E-state index contributed by atoms with van der Waals surface area (Å²) in [7, 11) is 0. The first-order valence-corrected chi connectivity index (χ1v) is 7.37. The van der Waals surface area contributed by atoms with Gasteiger partial charge in [-0.05, 0) is 43.9 Å². The number of rotatable bonds is 4. The lowest BCUT2D eigenvalue weighted by molar-refractivity contribution is -0.128. The molecule has 106 valence electrons. The van der Waals surface area contributed by atoms with Crippen molar-refractivity contribution in [2.45, 2.75) is 66.0 Å². The van der Waals surface area contributed by atoms with E-state index in [0.29, 0.717) is 17.8 Å². The standard InChI is InChI=1S/C15H30N2O/c1-9(2)6-12(5)17-15(18)13-8-14(16)11(4)7-10(13)3/h9-14H,6-8,16H2,1-5H3,(H,17,18). The third-order valence-electron chi connectivity index (χ3n) is 4.24. The number of carbonyl (C=O) groups excluding carboxylic acids is 1. The Morgan fingerprint density at radius 3 is 2.39 bits per heavy atom. The molecule has 18 heavy (non-hydrogen) atoms. The molecule has 3 nitrogen and oxygen atoms in total. The van der Waals surface area contributed by atoms with Crippen molar-refractivity contribution in [2.75, 3.05) is 0 Å². The fourth-order valence-electron chi connectivity index (χ4n) is 3.16. The van der Waals surface area contributed by atoms with Gasteiger partial charge in [-0.25, -0.2) is 0 Å². The molecule has 0 aliphatic heterocycles. The summed E-state index contributed by atoms with van der Waals surface area (Å²) in [6, 6.07) is 0.442. The van der Waals surface area contributed by atoms with Gasteiger partial charge in [-0.1, -0.05) is 27.7 Å². The van der Waals surface area contributed by atoms with Crippen molar-refractivity contribution < 1.29 is 4.79 Å². The van der Waals surface area contributed by atoms with Crippen LogP contribution >= 0.6 is 0 Å². The average molecular weight is 254 g/mol. The monoisotopic (exact) mass is 254 g/mol. The van der Waals surface area contributed by atoms with Gasteiger partial charge in [0.15, 0.2) is 0 Å². The number of carbonyl (C=O) groups is 1. The maximum atomic E-state index is 12.3. The fraction of sp³-hybridized carbons (Fsp3) is 0.933. The van der Waals surface area contributed by atoms with Crippen LogP contribution in [0.2, 0.25) is 0 Å². The zero-order valence-electron chi connectivity index (χ0n) is 12.6. The SMILES string of the molecule is CC(C)CC(C)NC(=O)C1CC(N)C(C)CC1C. The number of hydrogen-bond donors (Lipinski definition) is 2. The summed E-state index contributed by atoms with van der Waals surface area (Å²) in [6.45, 7) is 10.8. The molecule has 3 heteroatoms. The Hall–Kier alpha value is -0.570. The molecule has 0 aromatic rings. The van der Waals surface area contributed by atoms with Gasteiger partial charge in [0, 0.05) is 18.0 Å². The van der Waals surface area contributed by atoms with Crippen molar-refractivity contribution in [1.29, 1.82) is 0 Å². The Balaban J connectivity index is 2.50. The van der Waals surface area contributed by atoms with Crippen LogP contribution in [0.4, 0.5) is 0 Å². The quantitative estimate of drug-likeness (QED) is 0.810. The topological polar surface area (TPSA) is 55.1 Å². The summed E-state index contributed by atoms with van der Waals surface area (Å²) in [6.07, 6.45) is 2.94. The normalized spacial score (nSPS) is 34.4. The van der Waals surface area contributed by atoms with Crippen molar-refractivity contribution in [1.82, 2.24) is 5.32 Å². The molecule has 0 heterocycles. The number of hydrogen-bond acceptors (Lipinski definition) is 2. The van der Waals surface area contributed by atoms with Crippen molar-refractivity contribution in [2.24, 2.45) is 29.4 Å². The Bertz CT molecular complexity index is 278. The second-order valence-electron chi connectivity index (χ2n) is 6.74. The zero-order valence-corrected chi connectivity index (χ0v) is 12.6. The molecule has 1 saturated carbocycles. The first kappa shape index (κ1) is 15.5. The molecule has 5 unspecified atom stereocenters. The molecule has 0 aromatic carbocycles. The van der Waals surface area contributed by atoms with Crippen LogP contribution in [-0.4, -0.2) is 18.0 Å². The van der Waals surface area contributed by atoms with E-state index < -0.39 is 0 Å². The van der Waals surface area contributed by atoms with Crippen molar-refractivity contribution in [3.63, 3.8) is 0 Å². The van der Waals surface area contributed by atoms with Gasteiger partial charge < -0.3 is 11.1 Å². The minimum absolute atomic E-state index is 0.103. The van der Waals surface area contributed by atoms with Gasteiger partial charge in [0.05, 0.1) is 0 Å². The van der Waals surface area contributed by atoms with Crippen LogP contribution in [0.15, 0.2) is 0 Å². The van der Waals surface area contributed by atoms with Gasteiger partial charge in [-0.3, -0.25) is 4.79 Å². The van der Waals surface area contributed by atoms with E-state index in [4.69, 9.17) is 5.73 Å². The van der Waals surface area contributed by atoms with Crippen molar-refractivity contribution in [3.8, 4) is 0 Å². The van der Waals surface area contributed by atoms with Gasteiger partial charge in [0.2, 0.25) is 5.91 Å². The van der Waals surface area contributed by atoms with Crippen molar-refractivity contribution in [3.05, 3.63) is 0 Å². The summed E-state index contributed by atoms with van der Waals surface area (Å²) in [5, 5.41) is 3.15. The Morgan fingerprint density at radius 1 is 1.22 bits per heavy atom. The van der Waals surface area contributed by atoms with Crippen LogP contribution in [0.5, 0.6) is 0 Å². The molecule has 0 saturated heterocycles. The second kappa shape index (κ2) is 6.55. The zero-order chi connectivity index (χ0) is 13.9. The predicted molar refractivity (Wildman–Crippen MR) is 76.1 cm³/mol. The minimum atomic E-state index is 0.103. The number of nitrogens with one attached hydrogen (secondary N) is 1. The van der Waals surface area contributed by atoms with E-state index in [2.05, 4.69) is 39.9 Å². The Morgan fingerprint density at radius 2 is 1.83 bits per heavy atom. The highest BCUT2D eigenvalue weighted by Crippen LogP contribution is 2.33. The molecule has 1 aliphatic rings. The van der Waals surface area contributed by atoms with Crippen LogP contribution in [0.1, 0.15) is 53.9 Å². The smallest absolute Gasteiger partial charge is 0.223 e. The van der Waals surface area contributed by atoms with Crippen LogP contribution in [-0.2, 0) is 4.79 Å². The van der Waals surface area contributed by atoms with E-state index in [1.165, 1.54) is 0 Å². The van der Waals surface area contributed by atoms with Gasteiger partial charge in [0.1, 0.15) is 0 Å². The lowest BCUT2D eigenvalue weighted by Crippen LogP contribution is -2.47. The van der Waals surface area contributed by atoms with Crippen LogP contribution < -0.4 is 11.1 Å². The van der Waals surface area contributed by atoms with E-state index in [1.54, 1.807) is 0 Å². The van der Waals surface area contributed by atoms with Gasteiger partial charge in [-0.2, -0.15) is 0 Å². The molecule has 0 spiro atoms. The molecule has 1 aliphatic carbocycles. The van der Waals surface area contributed by atoms with E-state index in [1.807, 2.05) is 0 Å². The molecule has 1 fully saturated rings. The molecule has 1 amide bonds. The van der Waals surface area contributed by atoms with Gasteiger partial charge in [0.25, 0.3) is 0 Å². The second-order valence-corrected chi connectivity index (χ2v) is 6.74. The summed E-state index contributed by atoms with van der Waals surface area (Å²) < 4.78 is 0. The van der Waals surface area contributed by atoms with E-state index in [-0.39, 0.29) is 23.9 Å². The molecule has 0 bridgehead atoms. The van der Waals surface area contributed by atoms with E-state index >= 15 is 0 Å². The highest BCUT2D eigenvalue weighted by Gasteiger charge is 2.35. The van der Waals surface area contributed by atoms with Crippen LogP contribution in [0.25, 0.3) is 0 Å². The molecule has 1 rings (SSSR count). The van der Waals surface area contributed by atoms with Gasteiger partial charge in [-0.15, -0.1) is 0 Å². The third-order valence-corrected chi connectivity index (χ3v) is 4.24. The van der Waals surface area contributed by atoms with E-state index in [0.717, 1.165) is 19.3 Å². The van der Waals surface area contributed by atoms with Crippen LogP contribution in [0, 0.1) is 23.7 Å². The predicted octanol–water partition coefficient (Wildman–Crippen LogP) is 2.55. The average Bonchev–Trinajstić information content (AvgIpc) is 2.21. The molecule has 0 aromatic heterocycles. The maximum Gasteiger partial charge on any atom is 0.223 e. The summed E-state index contributed by atoms with van der Waals surface area (Å²) in [5.41, 5.74) is 6.10. The first-order chi connectivity index (χ1) is 8.31. The number of nitrogens with two attached hydrogens (primary N) is 1. The first-order valence-electron chi connectivity index (χ1n) is 7.37. The van der Waals surface area contributed by atoms with Crippen molar-refractivity contribution >= 4 is 5.91 Å². The maximum absolute atomic E-state index is 12.3. The highest BCUT2D eigenvalue weighted by atomic mass is 16.1. The van der Waals surface area contributed by atoms with Gasteiger partial charge >= 0.3 is 0 Å². The summed E-state index contributed by atoms with van der Waals surface area (Å²) in [4.78, 5) is 12.3. The lowest BCUT2D eigenvalue weighted by Gasteiger charge is -2.36. The molecular formula is C15H30N2O. The summed E-state index contributed by atoms with van der Waals surface area (Å²) >= 11 is 0. The molecule has 5 atom stereocenters. The minimum Gasteiger partial charge on any atom is -0.353 e. The van der Waals surface area contributed by atoms with E-state index in [9.17, 15) is 4.79 Å². The number of amides is 1. The van der Waals surface area contributed by atoms with Crippen LogP contribution in [0.3, 0.4) is 0 Å². The fourth-order valence-corrected chi connectivity index (χ4v) is 3.16. The largest absolute Gasteiger partial charge is 0.353 e. The Labute approximate surface area is 112 Å².